The van der Waals surface area contributed by atoms with E-state index in [1.165, 1.54) is 0 Å². The second-order valence-electron chi connectivity index (χ2n) is 3.52. The summed E-state index contributed by atoms with van der Waals surface area (Å²) in [5.41, 5.74) is 6.82. The van der Waals surface area contributed by atoms with Crippen molar-refractivity contribution in [2.24, 2.45) is 5.73 Å². The Morgan fingerprint density at radius 2 is 2.31 bits per heavy atom. The van der Waals surface area contributed by atoms with E-state index in [4.69, 9.17) is 10.5 Å². The molecule has 0 fully saturated rings. The van der Waals surface area contributed by atoms with Crippen LogP contribution in [0.2, 0.25) is 0 Å². The van der Waals surface area contributed by atoms with E-state index in [1.54, 1.807) is 7.11 Å². The molecule has 1 atom stereocenters. The van der Waals surface area contributed by atoms with Gasteiger partial charge >= 0.3 is 0 Å². The molecule has 2 aromatic rings. The summed E-state index contributed by atoms with van der Waals surface area (Å²) in [6.45, 7) is 0.615. The summed E-state index contributed by atoms with van der Waals surface area (Å²) in [6.07, 6.45) is 2.64. The van der Waals surface area contributed by atoms with Crippen molar-refractivity contribution in [2.45, 2.75) is 12.5 Å². The third kappa shape index (κ3) is 2.23. The lowest BCUT2D eigenvalue weighted by atomic mass is 10.2. The lowest BCUT2D eigenvalue weighted by Gasteiger charge is -2.08. The average molecular weight is 285 g/mol. The van der Waals surface area contributed by atoms with E-state index >= 15 is 0 Å². The topological polar surface area (TPSA) is 65.4 Å². The molecular formula is C10H13BrN4O. The SMILES string of the molecule is COCCC(N)c1nnc2ccc(Br)cn12. The van der Waals surface area contributed by atoms with E-state index in [0.29, 0.717) is 6.61 Å². The Kier molecular flexibility index (Phi) is 3.52. The van der Waals surface area contributed by atoms with Crippen LogP contribution in [0.25, 0.3) is 5.65 Å². The van der Waals surface area contributed by atoms with Crippen molar-refractivity contribution in [1.82, 2.24) is 14.6 Å². The van der Waals surface area contributed by atoms with Gasteiger partial charge in [-0.25, -0.2) is 0 Å². The second-order valence-corrected chi connectivity index (χ2v) is 4.44. The first-order valence-electron chi connectivity index (χ1n) is 4.97. The molecule has 0 aliphatic rings. The second kappa shape index (κ2) is 4.90. The third-order valence-electron chi connectivity index (χ3n) is 2.36. The Balaban J connectivity index is 2.33. The van der Waals surface area contributed by atoms with Gasteiger partial charge in [-0.05, 0) is 34.5 Å². The molecule has 0 spiro atoms. The Morgan fingerprint density at radius 1 is 1.50 bits per heavy atom. The molecule has 1 unspecified atom stereocenters. The lowest BCUT2D eigenvalue weighted by Crippen LogP contribution is -2.16. The summed E-state index contributed by atoms with van der Waals surface area (Å²) in [5.74, 6) is 0.758. The van der Waals surface area contributed by atoms with Crippen LogP contribution in [-0.4, -0.2) is 28.3 Å². The first kappa shape index (κ1) is 11.5. The summed E-state index contributed by atoms with van der Waals surface area (Å²) >= 11 is 3.41. The molecule has 2 N–H and O–H groups in total. The Bertz CT molecular complexity index is 485. The maximum atomic E-state index is 6.02. The highest BCUT2D eigenvalue weighted by Gasteiger charge is 2.13. The average Bonchev–Trinajstić information content (AvgIpc) is 2.68. The van der Waals surface area contributed by atoms with Gasteiger partial charge in [0.15, 0.2) is 11.5 Å². The van der Waals surface area contributed by atoms with Crippen molar-refractivity contribution in [2.75, 3.05) is 13.7 Å². The fourth-order valence-electron chi connectivity index (χ4n) is 1.51. The summed E-state index contributed by atoms with van der Waals surface area (Å²) in [6, 6.07) is 3.65. The van der Waals surface area contributed by atoms with Crippen molar-refractivity contribution >= 4 is 21.6 Å². The smallest absolute Gasteiger partial charge is 0.160 e. The molecule has 2 heterocycles. The molecule has 0 amide bonds. The predicted octanol–water partition coefficient (Wildman–Crippen LogP) is 1.53. The minimum atomic E-state index is -0.163. The highest BCUT2D eigenvalue weighted by Crippen LogP contribution is 2.16. The van der Waals surface area contributed by atoms with Crippen LogP contribution in [0.4, 0.5) is 0 Å². The zero-order chi connectivity index (χ0) is 11.5. The van der Waals surface area contributed by atoms with Crippen molar-refractivity contribution in [3.63, 3.8) is 0 Å². The summed E-state index contributed by atoms with van der Waals surface area (Å²) in [5, 5.41) is 8.16. The van der Waals surface area contributed by atoms with Crippen molar-refractivity contribution < 1.29 is 4.74 Å². The monoisotopic (exact) mass is 284 g/mol. The van der Waals surface area contributed by atoms with E-state index in [0.717, 1.165) is 22.4 Å². The van der Waals surface area contributed by atoms with Gasteiger partial charge in [-0.1, -0.05) is 0 Å². The quantitative estimate of drug-likeness (QED) is 0.925. The number of hydrogen-bond donors (Lipinski definition) is 1. The molecule has 0 radical (unpaired) electrons. The number of nitrogens with two attached hydrogens (primary N) is 1. The molecule has 0 aliphatic carbocycles. The van der Waals surface area contributed by atoms with E-state index in [1.807, 2.05) is 22.7 Å². The molecule has 0 bridgehead atoms. The number of fused-ring (bicyclic) bond motifs is 1. The van der Waals surface area contributed by atoms with Crippen LogP contribution >= 0.6 is 15.9 Å². The van der Waals surface area contributed by atoms with Crippen molar-refractivity contribution in [3.8, 4) is 0 Å². The van der Waals surface area contributed by atoms with Gasteiger partial charge in [-0.15, -0.1) is 10.2 Å². The normalized spacial score (nSPS) is 13.2. The summed E-state index contributed by atoms with van der Waals surface area (Å²) in [7, 11) is 1.66. The molecule has 86 valence electrons. The number of ether oxygens (including phenoxy) is 1. The molecule has 0 aromatic carbocycles. The molecule has 0 saturated heterocycles. The minimum absolute atomic E-state index is 0.163. The van der Waals surface area contributed by atoms with Gasteiger partial charge in [0.1, 0.15) is 0 Å². The third-order valence-corrected chi connectivity index (χ3v) is 2.83. The highest BCUT2D eigenvalue weighted by molar-refractivity contribution is 9.10. The van der Waals surface area contributed by atoms with E-state index in [9.17, 15) is 0 Å². The molecule has 16 heavy (non-hydrogen) atoms. The minimum Gasteiger partial charge on any atom is -0.385 e. The van der Waals surface area contributed by atoms with E-state index in [-0.39, 0.29) is 6.04 Å². The Hall–Kier alpha value is -0.980. The standard InChI is InChI=1S/C10H13BrN4O/c1-16-5-4-8(12)10-14-13-9-3-2-7(11)6-15(9)10/h2-3,6,8H,4-5,12H2,1H3. The summed E-state index contributed by atoms with van der Waals surface area (Å²) < 4.78 is 7.87. The number of hydrogen-bond acceptors (Lipinski definition) is 4. The van der Waals surface area contributed by atoms with Crippen LogP contribution in [0.15, 0.2) is 22.8 Å². The Morgan fingerprint density at radius 3 is 3.06 bits per heavy atom. The maximum absolute atomic E-state index is 6.02. The van der Waals surface area contributed by atoms with Crippen molar-refractivity contribution in [1.29, 1.82) is 0 Å². The Labute approximate surface area is 102 Å². The van der Waals surface area contributed by atoms with Gasteiger partial charge in [0, 0.05) is 24.4 Å². The first-order chi connectivity index (χ1) is 7.72. The van der Waals surface area contributed by atoms with Gasteiger partial charge in [0.05, 0.1) is 6.04 Å². The fraction of sp³-hybridized carbons (Fsp3) is 0.400. The number of aromatic nitrogens is 3. The van der Waals surface area contributed by atoms with Crippen LogP contribution in [0, 0.1) is 0 Å². The van der Waals surface area contributed by atoms with Gasteiger partial charge in [-0.2, -0.15) is 0 Å². The van der Waals surface area contributed by atoms with Crippen LogP contribution in [0.1, 0.15) is 18.3 Å². The number of methoxy groups -OCH3 is 1. The van der Waals surface area contributed by atoms with Crippen molar-refractivity contribution in [3.05, 3.63) is 28.6 Å². The molecule has 5 nitrogen and oxygen atoms in total. The first-order valence-corrected chi connectivity index (χ1v) is 5.76. The number of nitrogens with zero attached hydrogens (tertiary/aromatic N) is 3. The number of rotatable bonds is 4. The number of halogens is 1. The lowest BCUT2D eigenvalue weighted by molar-refractivity contribution is 0.187. The van der Waals surface area contributed by atoms with Crippen LogP contribution < -0.4 is 5.73 Å². The van der Waals surface area contributed by atoms with Gasteiger partial charge < -0.3 is 10.5 Å². The van der Waals surface area contributed by atoms with Gasteiger partial charge in [-0.3, -0.25) is 4.40 Å². The van der Waals surface area contributed by atoms with Crippen LogP contribution in [0.3, 0.4) is 0 Å². The molecule has 6 heteroatoms. The predicted molar refractivity (Wildman–Crippen MR) is 64.1 cm³/mol. The molecular weight excluding hydrogens is 272 g/mol. The van der Waals surface area contributed by atoms with Crippen LogP contribution in [0.5, 0.6) is 0 Å². The van der Waals surface area contributed by atoms with E-state index < -0.39 is 0 Å². The zero-order valence-corrected chi connectivity index (χ0v) is 10.5. The molecule has 2 rings (SSSR count). The largest absolute Gasteiger partial charge is 0.385 e. The number of pyridine rings is 1. The maximum Gasteiger partial charge on any atom is 0.160 e. The molecule has 0 saturated carbocycles. The summed E-state index contributed by atoms with van der Waals surface area (Å²) in [4.78, 5) is 0. The molecule has 2 aromatic heterocycles. The fourth-order valence-corrected chi connectivity index (χ4v) is 1.85. The van der Waals surface area contributed by atoms with E-state index in [2.05, 4.69) is 26.1 Å². The zero-order valence-electron chi connectivity index (χ0n) is 8.93. The highest BCUT2D eigenvalue weighted by atomic mass is 79.9. The van der Waals surface area contributed by atoms with Gasteiger partial charge in [0.25, 0.3) is 0 Å². The van der Waals surface area contributed by atoms with Gasteiger partial charge in [0.2, 0.25) is 0 Å². The molecule has 0 aliphatic heterocycles. The van der Waals surface area contributed by atoms with Crippen LogP contribution in [-0.2, 0) is 4.74 Å².